The van der Waals surface area contributed by atoms with Crippen molar-refractivity contribution in [3.8, 4) is 0 Å². The topological polar surface area (TPSA) is 61.4 Å². The van der Waals surface area contributed by atoms with Gasteiger partial charge in [0, 0.05) is 20.1 Å². The molecule has 1 atom stereocenters. The first kappa shape index (κ1) is 14.0. The molecule has 2 N–H and O–H groups in total. The van der Waals surface area contributed by atoms with Crippen LogP contribution < -0.4 is 10.6 Å². The van der Waals surface area contributed by atoms with E-state index in [1.165, 1.54) is 17.7 Å². The fourth-order valence-electron chi connectivity index (χ4n) is 2.11. The van der Waals surface area contributed by atoms with Crippen molar-refractivity contribution in [1.82, 2.24) is 15.5 Å². The number of hydrogen-bond acceptors (Lipinski definition) is 3. The molecule has 5 nitrogen and oxygen atoms in total. The zero-order valence-electron chi connectivity index (χ0n) is 11.0. The van der Waals surface area contributed by atoms with Crippen LogP contribution in [0.1, 0.15) is 32.6 Å². The lowest BCUT2D eigenvalue weighted by Crippen LogP contribution is -2.47. The minimum Gasteiger partial charge on any atom is -0.347 e. The Bertz CT molecular complexity index is 273. The van der Waals surface area contributed by atoms with Gasteiger partial charge in [-0.1, -0.05) is 12.8 Å². The molecule has 5 heteroatoms. The largest absolute Gasteiger partial charge is 0.347 e. The number of likely N-dealkylation sites (N-methyl/N-ethyl adjacent to an activating group) is 1. The second kappa shape index (κ2) is 6.59. The molecule has 0 aromatic heterocycles. The minimum absolute atomic E-state index is 0.0841. The van der Waals surface area contributed by atoms with Gasteiger partial charge >= 0.3 is 0 Å². The predicted octanol–water partition coefficient (Wildman–Crippen LogP) is 0.112. The van der Waals surface area contributed by atoms with Gasteiger partial charge in [-0.2, -0.15) is 0 Å². The van der Waals surface area contributed by atoms with Gasteiger partial charge in [-0.3, -0.25) is 9.59 Å². The lowest BCUT2D eigenvalue weighted by Gasteiger charge is -2.18. The van der Waals surface area contributed by atoms with Crippen molar-refractivity contribution in [3.05, 3.63) is 0 Å². The van der Waals surface area contributed by atoms with Crippen molar-refractivity contribution in [2.45, 2.75) is 44.7 Å². The van der Waals surface area contributed by atoms with Crippen molar-refractivity contribution in [3.63, 3.8) is 0 Å². The number of amides is 2. The summed E-state index contributed by atoms with van der Waals surface area (Å²) in [6, 6.07) is 0.0171. The Morgan fingerprint density at radius 1 is 1.29 bits per heavy atom. The number of rotatable bonds is 5. The average Bonchev–Trinajstić information content (AvgIpc) is 2.77. The van der Waals surface area contributed by atoms with E-state index in [4.69, 9.17) is 0 Å². The quantitative estimate of drug-likeness (QED) is 0.718. The monoisotopic (exact) mass is 241 g/mol. The molecule has 1 rings (SSSR count). The normalized spacial score (nSPS) is 17.8. The molecular weight excluding hydrogens is 218 g/mol. The van der Waals surface area contributed by atoms with E-state index in [-0.39, 0.29) is 11.8 Å². The van der Waals surface area contributed by atoms with Gasteiger partial charge in [-0.15, -0.1) is 0 Å². The highest BCUT2D eigenvalue weighted by atomic mass is 16.2. The second-order valence-corrected chi connectivity index (χ2v) is 4.88. The summed E-state index contributed by atoms with van der Waals surface area (Å²) in [7, 11) is 3.36. The van der Waals surface area contributed by atoms with Crippen LogP contribution in [0.2, 0.25) is 0 Å². The number of nitrogens with one attached hydrogen (secondary N) is 2. The maximum atomic E-state index is 11.6. The molecule has 1 saturated carbocycles. The Hall–Kier alpha value is -1.10. The molecule has 0 radical (unpaired) electrons. The summed E-state index contributed by atoms with van der Waals surface area (Å²) in [5.74, 6) is -0.196. The highest BCUT2D eigenvalue weighted by molar-refractivity contribution is 5.87. The minimum atomic E-state index is -0.456. The van der Waals surface area contributed by atoms with Gasteiger partial charge in [-0.25, -0.2) is 0 Å². The molecule has 0 saturated heterocycles. The van der Waals surface area contributed by atoms with Crippen LogP contribution in [0.3, 0.4) is 0 Å². The Kier molecular flexibility index (Phi) is 5.41. The number of carbonyl (C=O) groups excluding carboxylic acids is 2. The van der Waals surface area contributed by atoms with E-state index in [1.54, 1.807) is 21.0 Å². The van der Waals surface area contributed by atoms with E-state index in [0.717, 1.165) is 12.8 Å². The van der Waals surface area contributed by atoms with Crippen molar-refractivity contribution < 1.29 is 9.59 Å². The van der Waals surface area contributed by atoms with Crippen molar-refractivity contribution in [2.75, 3.05) is 20.6 Å². The molecule has 98 valence electrons. The molecule has 0 aromatic carbocycles. The van der Waals surface area contributed by atoms with E-state index < -0.39 is 6.04 Å². The lowest BCUT2D eigenvalue weighted by molar-refractivity contribution is -0.133. The van der Waals surface area contributed by atoms with Crippen LogP contribution >= 0.6 is 0 Å². The fraction of sp³-hybridized carbons (Fsp3) is 0.833. The summed E-state index contributed by atoms with van der Waals surface area (Å²) in [4.78, 5) is 24.6. The first-order chi connectivity index (χ1) is 8.00. The number of carbonyl (C=O) groups is 2. The van der Waals surface area contributed by atoms with E-state index in [2.05, 4.69) is 10.6 Å². The molecule has 17 heavy (non-hydrogen) atoms. The maximum Gasteiger partial charge on any atom is 0.244 e. The molecule has 0 bridgehead atoms. The van der Waals surface area contributed by atoms with E-state index in [0.29, 0.717) is 12.6 Å². The number of nitrogens with zero attached hydrogens (tertiary/aromatic N) is 1. The summed E-state index contributed by atoms with van der Waals surface area (Å²) >= 11 is 0. The first-order valence-corrected chi connectivity index (χ1v) is 6.24. The molecule has 1 aliphatic rings. The highest BCUT2D eigenvalue weighted by Gasteiger charge is 2.19. The summed E-state index contributed by atoms with van der Waals surface area (Å²) in [6.45, 7) is 2.01. The van der Waals surface area contributed by atoms with E-state index >= 15 is 0 Å². The van der Waals surface area contributed by atoms with E-state index in [1.807, 2.05) is 0 Å². The standard InChI is InChI=1S/C12H23N3O2/c1-9(12(17)15(2)3)14-11(16)8-13-10-6-4-5-7-10/h9-10,13H,4-8H2,1-3H3,(H,14,16). The molecular formula is C12H23N3O2. The molecule has 0 spiro atoms. The molecule has 0 heterocycles. The van der Waals surface area contributed by atoms with Crippen LogP contribution in [0.5, 0.6) is 0 Å². The number of hydrogen-bond donors (Lipinski definition) is 2. The third kappa shape index (κ3) is 4.73. The Balaban J connectivity index is 2.21. The van der Waals surface area contributed by atoms with Gasteiger partial charge in [0.2, 0.25) is 11.8 Å². The van der Waals surface area contributed by atoms with Crippen LogP contribution in [0, 0.1) is 0 Å². The Morgan fingerprint density at radius 2 is 1.88 bits per heavy atom. The van der Waals surface area contributed by atoms with Gasteiger partial charge < -0.3 is 15.5 Å². The predicted molar refractivity (Wildman–Crippen MR) is 66.6 cm³/mol. The fourth-order valence-corrected chi connectivity index (χ4v) is 2.11. The molecule has 0 aromatic rings. The third-order valence-corrected chi connectivity index (χ3v) is 3.10. The summed E-state index contributed by atoms with van der Waals surface area (Å²) in [5, 5.41) is 5.91. The van der Waals surface area contributed by atoms with Crippen LogP contribution in [0.4, 0.5) is 0 Å². The van der Waals surface area contributed by atoms with Gasteiger partial charge in [0.05, 0.1) is 6.54 Å². The van der Waals surface area contributed by atoms with Crippen molar-refractivity contribution in [2.24, 2.45) is 0 Å². The maximum absolute atomic E-state index is 11.6. The summed E-state index contributed by atoms with van der Waals surface area (Å²) in [5.41, 5.74) is 0. The molecule has 0 aliphatic heterocycles. The van der Waals surface area contributed by atoms with Crippen molar-refractivity contribution in [1.29, 1.82) is 0 Å². The first-order valence-electron chi connectivity index (χ1n) is 6.24. The van der Waals surface area contributed by atoms with Gasteiger partial charge in [0.25, 0.3) is 0 Å². The van der Waals surface area contributed by atoms with Crippen LogP contribution in [-0.2, 0) is 9.59 Å². The molecule has 2 amide bonds. The average molecular weight is 241 g/mol. The zero-order valence-corrected chi connectivity index (χ0v) is 11.0. The molecule has 1 unspecified atom stereocenters. The SMILES string of the molecule is CC(NC(=O)CNC1CCCC1)C(=O)N(C)C. The third-order valence-electron chi connectivity index (χ3n) is 3.10. The van der Waals surface area contributed by atoms with Crippen LogP contribution in [0.25, 0.3) is 0 Å². The van der Waals surface area contributed by atoms with Crippen LogP contribution in [-0.4, -0.2) is 49.4 Å². The van der Waals surface area contributed by atoms with Crippen LogP contribution in [0.15, 0.2) is 0 Å². The summed E-state index contributed by atoms with van der Waals surface area (Å²) < 4.78 is 0. The zero-order chi connectivity index (χ0) is 12.8. The van der Waals surface area contributed by atoms with E-state index in [9.17, 15) is 9.59 Å². The van der Waals surface area contributed by atoms with Gasteiger partial charge in [0.1, 0.15) is 6.04 Å². The molecule has 1 fully saturated rings. The highest BCUT2D eigenvalue weighted by Crippen LogP contribution is 2.17. The summed E-state index contributed by atoms with van der Waals surface area (Å²) in [6.07, 6.45) is 4.79. The van der Waals surface area contributed by atoms with Gasteiger partial charge in [0.15, 0.2) is 0 Å². The van der Waals surface area contributed by atoms with Gasteiger partial charge in [-0.05, 0) is 19.8 Å². The lowest BCUT2D eigenvalue weighted by atomic mass is 10.2. The van der Waals surface area contributed by atoms with Crippen molar-refractivity contribution >= 4 is 11.8 Å². The molecule has 1 aliphatic carbocycles. The smallest absolute Gasteiger partial charge is 0.244 e. The second-order valence-electron chi connectivity index (χ2n) is 4.88. The Morgan fingerprint density at radius 3 is 2.41 bits per heavy atom. The Labute approximate surface area is 103 Å².